The van der Waals surface area contributed by atoms with E-state index in [4.69, 9.17) is 21.1 Å². The van der Waals surface area contributed by atoms with Gasteiger partial charge in [-0.05, 0) is 30.1 Å². The molecule has 132 valence electrons. The van der Waals surface area contributed by atoms with Crippen LogP contribution in [-0.2, 0) is 0 Å². The summed E-state index contributed by atoms with van der Waals surface area (Å²) in [6.07, 6.45) is -0.762. The summed E-state index contributed by atoms with van der Waals surface area (Å²) in [5.41, 5.74) is 1.37. The fraction of sp³-hybridized carbons (Fsp3) is 0.188. The van der Waals surface area contributed by atoms with Gasteiger partial charge in [-0.2, -0.15) is 4.98 Å². The van der Waals surface area contributed by atoms with Crippen LogP contribution >= 0.6 is 23.5 Å². The number of alkyl halides is 2. The fourth-order valence-electron chi connectivity index (χ4n) is 2.13. The molecule has 0 saturated carbocycles. The number of nitrogens with one attached hydrogen (secondary N) is 2. The fourth-order valence-corrected chi connectivity index (χ4v) is 3.09. The van der Waals surface area contributed by atoms with E-state index in [1.165, 1.54) is 19.1 Å². The second-order valence-electron chi connectivity index (χ2n) is 4.96. The molecule has 2 N–H and O–H groups in total. The van der Waals surface area contributed by atoms with Crippen LogP contribution in [0, 0.1) is 0 Å². The van der Waals surface area contributed by atoms with Gasteiger partial charge < -0.3 is 19.2 Å². The SMILES string of the molecule is COc1ccc(NSc2c[nH]c3cc(Cl)ccc23)c(OCC(F)F)n1. The first-order valence-electron chi connectivity index (χ1n) is 7.22. The van der Waals surface area contributed by atoms with Crippen molar-refractivity contribution in [3.8, 4) is 11.8 Å². The lowest BCUT2D eigenvalue weighted by atomic mass is 10.2. The molecule has 1 aromatic carbocycles. The molecule has 0 amide bonds. The minimum atomic E-state index is -2.59. The molecule has 0 saturated heterocycles. The molecule has 0 unspecified atom stereocenters. The van der Waals surface area contributed by atoms with Crippen LogP contribution in [0.3, 0.4) is 0 Å². The zero-order valence-corrected chi connectivity index (χ0v) is 14.6. The van der Waals surface area contributed by atoms with Gasteiger partial charge in [0.1, 0.15) is 5.69 Å². The molecule has 25 heavy (non-hydrogen) atoms. The molecule has 9 heteroatoms. The van der Waals surface area contributed by atoms with Gasteiger partial charge in [0.15, 0.2) is 6.61 Å². The van der Waals surface area contributed by atoms with Crippen molar-refractivity contribution in [3.05, 3.63) is 41.6 Å². The standard InChI is InChI=1S/C16H14ClF2N3O2S/c1-23-15-5-4-11(16(21-15)24-8-14(18)19)22-25-13-7-20-12-6-9(17)2-3-10(12)13/h2-7,14,20,22H,8H2,1H3. The second kappa shape index (κ2) is 7.79. The third kappa shape index (κ3) is 4.26. The van der Waals surface area contributed by atoms with Gasteiger partial charge in [0.25, 0.3) is 6.43 Å². The number of hydrogen-bond acceptors (Lipinski definition) is 5. The first-order chi connectivity index (χ1) is 12.1. The summed E-state index contributed by atoms with van der Waals surface area (Å²) in [4.78, 5) is 8.10. The molecule has 3 rings (SSSR count). The molecule has 0 fully saturated rings. The Morgan fingerprint density at radius 1 is 1.32 bits per heavy atom. The Morgan fingerprint density at radius 3 is 2.92 bits per heavy atom. The average molecular weight is 386 g/mol. The number of nitrogens with zero attached hydrogens (tertiary/aromatic N) is 1. The first kappa shape index (κ1) is 17.6. The predicted molar refractivity (Wildman–Crippen MR) is 95.1 cm³/mol. The molecule has 0 bridgehead atoms. The van der Waals surface area contributed by atoms with Crippen molar-refractivity contribution in [1.82, 2.24) is 9.97 Å². The number of aromatic amines is 1. The number of rotatable bonds is 7. The number of pyridine rings is 1. The summed E-state index contributed by atoms with van der Waals surface area (Å²) in [5.74, 6) is 0.330. The number of fused-ring (bicyclic) bond motifs is 1. The van der Waals surface area contributed by atoms with Crippen LogP contribution in [0.15, 0.2) is 41.4 Å². The Morgan fingerprint density at radius 2 is 2.16 bits per heavy atom. The lowest BCUT2D eigenvalue weighted by Crippen LogP contribution is -2.09. The molecular formula is C16H14ClF2N3O2S. The van der Waals surface area contributed by atoms with E-state index in [1.807, 2.05) is 18.3 Å². The highest BCUT2D eigenvalue weighted by atomic mass is 35.5. The van der Waals surface area contributed by atoms with Gasteiger partial charge >= 0.3 is 0 Å². The third-order valence-corrected chi connectivity index (χ3v) is 4.38. The van der Waals surface area contributed by atoms with E-state index < -0.39 is 13.0 Å². The zero-order valence-electron chi connectivity index (χ0n) is 13.1. The van der Waals surface area contributed by atoms with E-state index >= 15 is 0 Å². The van der Waals surface area contributed by atoms with Crippen molar-refractivity contribution >= 4 is 40.1 Å². The minimum Gasteiger partial charge on any atom is -0.481 e. The van der Waals surface area contributed by atoms with Gasteiger partial charge in [0.2, 0.25) is 11.8 Å². The molecule has 0 spiro atoms. The Kier molecular flexibility index (Phi) is 5.50. The Bertz CT molecular complexity index is 876. The number of benzene rings is 1. The van der Waals surface area contributed by atoms with Crippen LogP contribution in [0.4, 0.5) is 14.5 Å². The van der Waals surface area contributed by atoms with Gasteiger partial charge in [0, 0.05) is 28.2 Å². The van der Waals surface area contributed by atoms with Gasteiger partial charge in [-0.1, -0.05) is 17.7 Å². The smallest absolute Gasteiger partial charge is 0.272 e. The largest absolute Gasteiger partial charge is 0.481 e. The van der Waals surface area contributed by atoms with Crippen LogP contribution in [0.1, 0.15) is 0 Å². The summed E-state index contributed by atoms with van der Waals surface area (Å²) < 4.78 is 38.0. The van der Waals surface area contributed by atoms with E-state index in [0.29, 0.717) is 10.7 Å². The maximum Gasteiger partial charge on any atom is 0.272 e. The summed E-state index contributed by atoms with van der Waals surface area (Å²) >= 11 is 7.27. The number of aromatic nitrogens is 2. The van der Waals surface area contributed by atoms with E-state index in [0.717, 1.165) is 15.8 Å². The number of anilines is 1. The quantitative estimate of drug-likeness (QED) is 0.561. The zero-order chi connectivity index (χ0) is 17.8. The van der Waals surface area contributed by atoms with Crippen molar-refractivity contribution < 1.29 is 18.3 Å². The topological polar surface area (TPSA) is 59.2 Å². The van der Waals surface area contributed by atoms with Gasteiger partial charge in [-0.25, -0.2) is 8.78 Å². The van der Waals surface area contributed by atoms with E-state index in [2.05, 4.69) is 14.7 Å². The highest BCUT2D eigenvalue weighted by molar-refractivity contribution is 8.00. The Hall–Kier alpha value is -2.19. The van der Waals surface area contributed by atoms with Crippen LogP contribution in [-0.4, -0.2) is 30.1 Å². The minimum absolute atomic E-state index is 0.0510. The van der Waals surface area contributed by atoms with Crippen molar-refractivity contribution in [2.24, 2.45) is 0 Å². The average Bonchev–Trinajstić information content (AvgIpc) is 3.00. The molecule has 0 aliphatic rings. The normalized spacial score (nSPS) is 11.1. The number of ether oxygens (including phenoxy) is 2. The maximum atomic E-state index is 12.4. The molecule has 0 atom stereocenters. The predicted octanol–water partition coefficient (Wildman–Crippen LogP) is 4.99. The summed E-state index contributed by atoms with van der Waals surface area (Å²) in [7, 11) is 1.44. The van der Waals surface area contributed by atoms with Crippen molar-refractivity contribution in [1.29, 1.82) is 0 Å². The van der Waals surface area contributed by atoms with Gasteiger partial charge in [0.05, 0.1) is 12.0 Å². The lowest BCUT2D eigenvalue weighted by molar-refractivity contribution is 0.0797. The lowest BCUT2D eigenvalue weighted by Gasteiger charge is -2.12. The molecule has 2 heterocycles. The summed E-state index contributed by atoms with van der Waals surface area (Å²) in [6.45, 7) is -0.745. The van der Waals surface area contributed by atoms with Crippen LogP contribution in [0.25, 0.3) is 10.9 Å². The molecule has 3 aromatic rings. The van der Waals surface area contributed by atoms with Gasteiger partial charge in [-0.15, -0.1) is 0 Å². The third-order valence-electron chi connectivity index (χ3n) is 3.27. The first-order valence-corrected chi connectivity index (χ1v) is 8.41. The van der Waals surface area contributed by atoms with Crippen molar-refractivity contribution in [2.75, 3.05) is 18.4 Å². The number of methoxy groups -OCH3 is 1. The van der Waals surface area contributed by atoms with Crippen LogP contribution in [0.5, 0.6) is 11.8 Å². The van der Waals surface area contributed by atoms with Gasteiger partial charge in [-0.3, -0.25) is 0 Å². The number of hydrogen-bond donors (Lipinski definition) is 2. The molecule has 0 aliphatic carbocycles. The number of halogens is 3. The second-order valence-corrected chi connectivity index (χ2v) is 6.24. The Balaban J connectivity index is 1.79. The molecule has 0 aliphatic heterocycles. The molecular weight excluding hydrogens is 372 g/mol. The summed E-state index contributed by atoms with van der Waals surface area (Å²) in [5, 5.41) is 1.62. The Labute approximate surface area is 151 Å². The van der Waals surface area contributed by atoms with Crippen LogP contribution in [0.2, 0.25) is 5.02 Å². The van der Waals surface area contributed by atoms with E-state index in [1.54, 1.807) is 18.2 Å². The van der Waals surface area contributed by atoms with E-state index in [-0.39, 0.29) is 11.8 Å². The highest BCUT2D eigenvalue weighted by Crippen LogP contribution is 2.33. The highest BCUT2D eigenvalue weighted by Gasteiger charge is 2.12. The molecule has 0 radical (unpaired) electrons. The molecule has 2 aromatic heterocycles. The van der Waals surface area contributed by atoms with E-state index in [9.17, 15) is 8.78 Å². The maximum absolute atomic E-state index is 12.4. The van der Waals surface area contributed by atoms with Crippen molar-refractivity contribution in [2.45, 2.75) is 11.3 Å². The van der Waals surface area contributed by atoms with Crippen molar-refractivity contribution in [3.63, 3.8) is 0 Å². The monoisotopic (exact) mass is 385 g/mol. The summed E-state index contributed by atoms with van der Waals surface area (Å²) in [6, 6.07) is 8.80. The van der Waals surface area contributed by atoms with Crippen LogP contribution < -0.4 is 14.2 Å². The molecule has 5 nitrogen and oxygen atoms in total. The number of H-pyrrole nitrogens is 1.